The maximum Gasteiger partial charge on any atom is 0.201 e. The summed E-state index contributed by atoms with van der Waals surface area (Å²) in [6.07, 6.45) is 1.48. The van der Waals surface area contributed by atoms with Crippen LogP contribution >= 0.6 is 0 Å². The fourth-order valence-corrected chi connectivity index (χ4v) is 1.25. The van der Waals surface area contributed by atoms with Crippen molar-refractivity contribution in [2.45, 2.75) is 27.0 Å². The van der Waals surface area contributed by atoms with Crippen LogP contribution in [0.1, 0.15) is 25.8 Å². The lowest BCUT2D eigenvalue weighted by molar-refractivity contribution is -0.142. The fraction of sp³-hybridized carbons (Fsp3) is 0.545. The Balaban J connectivity index is 2.72. The van der Waals surface area contributed by atoms with Crippen LogP contribution in [0.3, 0.4) is 0 Å². The molecule has 0 saturated heterocycles. The quantitative estimate of drug-likeness (QED) is 0.522. The molecule has 1 heterocycles. The van der Waals surface area contributed by atoms with Crippen LogP contribution in [0.5, 0.6) is 0 Å². The summed E-state index contributed by atoms with van der Waals surface area (Å²) in [6.45, 7) is 7.11. The normalized spacial score (nSPS) is 10.7. The van der Waals surface area contributed by atoms with Crippen LogP contribution in [-0.4, -0.2) is 25.5 Å². The molecule has 1 aromatic heterocycles. The van der Waals surface area contributed by atoms with Gasteiger partial charge in [0.05, 0.1) is 5.69 Å². The molecule has 0 spiro atoms. The van der Waals surface area contributed by atoms with Crippen molar-refractivity contribution in [3.63, 3.8) is 0 Å². The standard InChI is InChI=1S/C11H17BNO2/c1-4-14-11(15-5-2)10-7-6-9(12-3)8-13-10/h6-8,11H,4-5H2,1-3H3. The Morgan fingerprint density at radius 2 is 1.93 bits per heavy atom. The Morgan fingerprint density at radius 3 is 2.33 bits per heavy atom. The van der Waals surface area contributed by atoms with E-state index in [1.165, 1.54) is 0 Å². The van der Waals surface area contributed by atoms with Crippen LogP contribution in [0.25, 0.3) is 0 Å². The molecule has 0 aromatic carbocycles. The zero-order valence-electron chi connectivity index (χ0n) is 9.56. The average Bonchev–Trinajstić information content (AvgIpc) is 2.29. The predicted octanol–water partition coefficient (Wildman–Crippen LogP) is 1.53. The zero-order valence-corrected chi connectivity index (χ0v) is 9.56. The van der Waals surface area contributed by atoms with Gasteiger partial charge in [-0.3, -0.25) is 4.98 Å². The first-order chi connectivity index (χ1) is 7.31. The van der Waals surface area contributed by atoms with Gasteiger partial charge in [0.2, 0.25) is 6.29 Å². The van der Waals surface area contributed by atoms with E-state index in [0.29, 0.717) is 13.2 Å². The summed E-state index contributed by atoms with van der Waals surface area (Å²) in [7, 11) is 2.01. The number of hydrogen-bond donors (Lipinski definition) is 0. The van der Waals surface area contributed by atoms with Crippen molar-refractivity contribution in [2.24, 2.45) is 0 Å². The van der Waals surface area contributed by atoms with Gasteiger partial charge < -0.3 is 9.47 Å². The minimum atomic E-state index is -0.342. The van der Waals surface area contributed by atoms with E-state index in [0.717, 1.165) is 11.2 Å². The summed E-state index contributed by atoms with van der Waals surface area (Å²) in [6, 6.07) is 3.94. The number of pyridine rings is 1. The van der Waals surface area contributed by atoms with Gasteiger partial charge in [0.1, 0.15) is 7.28 Å². The SMILES string of the molecule is C[B]c1ccc(C(OCC)OCC)nc1. The molecule has 1 aromatic rings. The molecule has 3 nitrogen and oxygen atoms in total. The Hall–Kier alpha value is -0.865. The molecular weight excluding hydrogens is 189 g/mol. The van der Waals surface area contributed by atoms with Crippen molar-refractivity contribution >= 4 is 12.7 Å². The second-order valence-corrected chi connectivity index (χ2v) is 3.05. The van der Waals surface area contributed by atoms with E-state index < -0.39 is 0 Å². The second kappa shape index (κ2) is 6.59. The summed E-state index contributed by atoms with van der Waals surface area (Å²) >= 11 is 0. The first kappa shape index (κ1) is 12.2. The highest BCUT2D eigenvalue weighted by molar-refractivity contribution is 6.51. The zero-order chi connectivity index (χ0) is 11.1. The summed E-state index contributed by atoms with van der Waals surface area (Å²) in [4.78, 5) is 4.31. The Morgan fingerprint density at radius 1 is 1.27 bits per heavy atom. The first-order valence-electron chi connectivity index (χ1n) is 5.30. The highest BCUT2D eigenvalue weighted by Gasteiger charge is 2.11. The predicted molar refractivity (Wildman–Crippen MR) is 61.5 cm³/mol. The average molecular weight is 206 g/mol. The molecule has 0 unspecified atom stereocenters. The molecule has 81 valence electrons. The van der Waals surface area contributed by atoms with Crippen molar-refractivity contribution in [2.75, 3.05) is 13.2 Å². The van der Waals surface area contributed by atoms with Crippen LogP contribution in [-0.2, 0) is 9.47 Å². The third-order valence-corrected chi connectivity index (χ3v) is 2.02. The van der Waals surface area contributed by atoms with Crippen molar-refractivity contribution in [3.8, 4) is 0 Å². The Kier molecular flexibility index (Phi) is 5.36. The van der Waals surface area contributed by atoms with E-state index in [1.54, 1.807) is 0 Å². The Labute approximate surface area is 92.1 Å². The molecule has 0 aliphatic heterocycles. The van der Waals surface area contributed by atoms with Crippen molar-refractivity contribution in [1.82, 2.24) is 4.98 Å². The van der Waals surface area contributed by atoms with Crippen molar-refractivity contribution in [1.29, 1.82) is 0 Å². The summed E-state index contributed by atoms with van der Waals surface area (Å²) in [5.74, 6) is 0. The lowest BCUT2D eigenvalue weighted by atomic mass is 9.74. The van der Waals surface area contributed by atoms with Gasteiger partial charge in [-0.05, 0) is 19.9 Å². The fourth-order valence-electron chi connectivity index (χ4n) is 1.25. The van der Waals surface area contributed by atoms with E-state index in [-0.39, 0.29) is 6.29 Å². The maximum atomic E-state index is 5.45. The molecule has 0 N–H and O–H groups in total. The van der Waals surface area contributed by atoms with Gasteiger partial charge in [-0.1, -0.05) is 18.4 Å². The van der Waals surface area contributed by atoms with Gasteiger partial charge in [-0.15, -0.1) is 0 Å². The molecule has 0 amide bonds. The van der Waals surface area contributed by atoms with E-state index >= 15 is 0 Å². The first-order valence-corrected chi connectivity index (χ1v) is 5.30. The molecule has 0 bridgehead atoms. The molecule has 0 aliphatic rings. The molecule has 4 heteroatoms. The highest BCUT2D eigenvalue weighted by Crippen LogP contribution is 2.15. The summed E-state index contributed by atoms with van der Waals surface area (Å²) in [5.41, 5.74) is 1.93. The molecule has 0 fully saturated rings. The van der Waals surface area contributed by atoms with Gasteiger partial charge in [0.15, 0.2) is 0 Å². The molecule has 0 saturated carbocycles. The number of nitrogens with zero attached hydrogens (tertiary/aromatic N) is 1. The maximum absolute atomic E-state index is 5.45. The van der Waals surface area contributed by atoms with Crippen LogP contribution in [0.4, 0.5) is 0 Å². The Bertz CT molecular complexity index is 270. The number of rotatable bonds is 6. The topological polar surface area (TPSA) is 31.4 Å². The third-order valence-electron chi connectivity index (χ3n) is 2.02. The van der Waals surface area contributed by atoms with E-state index in [2.05, 4.69) is 4.98 Å². The molecule has 1 rings (SSSR count). The van der Waals surface area contributed by atoms with E-state index in [4.69, 9.17) is 9.47 Å². The number of ether oxygens (including phenoxy) is 2. The largest absolute Gasteiger partial charge is 0.347 e. The van der Waals surface area contributed by atoms with Crippen LogP contribution in [0, 0.1) is 0 Å². The minimum absolute atomic E-state index is 0.342. The number of hydrogen-bond acceptors (Lipinski definition) is 3. The molecule has 0 aliphatic carbocycles. The van der Waals surface area contributed by atoms with Gasteiger partial charge in [-0.25, -0.2) is 0 Å². The van der Waals surface area contributed by atoms with E-state index in [9.17, 15) is 0 Å². The summed E-state index contributed by atoms with van der Waals surface area (Å²) < 4.78 is 10.9. The molecule has 15 heavy (non-hydrogen) atoms. The monoisotopic (exact) mass is 206 g/mol. The van der Waals surface area contributed by atoms with Crippen LogP contribution < -0.4 is 5.46 Å². The minimum Gasteiger partial charge on any atom is -0.347 e. The smallest absolute Gasteiger partial charge is 0.201 e. The lowest BCUT2D eigenvalue weighted by Crippen LogP contribution is -2.15. The van der Waals surface area contributed by atoms with Crippen LogP contribution in [0.15, 0.2) is 18.3 Å². The van der Waals surface area contributed by atoms with Crippen molar-refractivity contribution in [3.05, 3.63) is 24.0 Å². The molecule has 1 radical (unpaired) electrons. The third kappa shape index (κ3) is 3.65. The highest BCUT2D eigenvalue weighted by atomic mass is 16.7. The van der Waals surface area contributed by atoms with Gasteiger partial charge in [-0.2, -0.15) is 0 Å². The van der Waals surface area contributed by atoms with Crippen molar-refractivity contribution < 1.29 is 9.47 Å². The van der Waals surface area contributed by atoms with Gasteiger partial charge in [0.25, 0.3) is 0 Å². The molecule has 0 atom stereocenters. The second-order valence-electron chi connectivity index (χ2n) is 3.05. The lowest BCUT2D eigenvalue weighted by Gasteiger charge is -2.16. The van der Waals surface area contributed by atoms with E-state index in [1.807, 2.05) is 46.3 Å². The van der Waals surface area contributed by atoms with Gasteiger partial charge in [0, 0.05) is 19.4 Å². The summed E-state index contributed by atoms with van der Waals surface area (Å²) in [5, 5.41) is 0. The van der Waals surface area contributed by atoms with Crippen LogP contribution in [0.2, 0.25) is 6.82 Å². The molecular formula is C11H17BNO2. The van der Waals surface area contributed by atoms with Gasteiger partial charge >= 0.3 is 0 Å². The number of aromatic nitrogens is 1.